The van der Waals surface area contributed by atoms with Gasteiger partial charge in [0, 0.05) is 11.5 Å². The summed E-state index contributed by atoms with van der Waals surface area (Å²) in [5.41, 5.74) is 3.28. The molecule has 0 saturated heterocycles. The molecule has 0 unspecified atom stereocenters. The second kappa shape index (κ2) is 7.11. The summed E-state index contributed by atoms with van der Waals surface area (Å²) in [4.78, 5) is 31.5. The summed E-state index contributed by atoms with van der Waals surface area (Å²) < 4.78 is 3.77. The largest absolute Gasteiger partial charge is 0.478 e. The van der Waals surface area contributed by atoms with Crippen LogP contribution < -0.4 is 11.1 Å². The number of aliphatic hydroxyl groups is 2. The first-order chi connectivity index (χ1) is 10.1. The highest BCUT2D eigenvalue weighted by Crippen LogP contribution is 2.12. The topological polar surface area (TPSA) is 180 Å². The van der Waals surface area contributed by atoms with E-state index in [1.807, 2.05) is 0 Å². The number of rotatable bonds is 7. The van der Waals surface area contributed by atoms with Crippen LogP contribution in [0.5, 0.6) is 0 Å². The fraction of sp³-hybridized carbons (Fsp3) is 0.500. The minimum Gasteiger partial charge on any atom is -0.478 e. The van der Waals surface area contributed by atoms with E-state index in [-0.39, 0.29) is 11.0 Å². The standard InChI is InChI=1S/C10H15N5O6S/c1-10(2,8(19)20)21-14-5(6-13-9(11)22-15-6)7(18)12-3-4(16)17/h4,16-17H,3H2,1-2H3,(H,12,18)(H,19,20)(H2,11,13,15)/b14-5-. The molecule has 1 aromatic heterocycles. The van der Waals surface area contributed by atoms with E-state index < -0.39 is 36.0 Å². The van der Waals surface area contributed by atoms with Gasteiger partial charge in [0.1, 0.15) is 0 Å². The lowest BCUT2D eigenvalue weighted by atomic mass is 10.1. The van der Waals surface area contributed by atoms with Gasteiger partial charge in [-0.3, -0.25) is 4.79 Å². The van der Waals surface area contributed by atoms with Crippen LogP contribution in [0.1, 0.15) is 19.7 Å². The van der Waals surface area contributed by atoms with Crippen molar-refractivity contribution in [3.63, 3.8) is 0 Å². The number of hydrogen-bond donors (Lipinski definition) is 5. The number of oxime groups is 1. The number of carbonyl (C=O) groups is 2. The van der Waals surface area contributed by atoms with Crippen molar-refractivity contribution in [1.82, 2.24) is 14.7 Å². The maximum Gasteiger partial charge on any atom is 0.350 e. The number of carboxylic acids is 1. The zero-order valence-corrected chi connectivity index (χ0v) is 12.5. The van der Waals surface area contributed by atoms with Crippen molar-refractivity contribution in [3.05, 3.63) is 5.82 Å². The Hall–Kier alpha value is -2.31. The average molecular weight is 333 g/mol. The van der Waals surface area contributed by atoms with Crippen LogP contribution in [0.3, 0.4) is 0 Å². The third-order valence-corrected chi connectivity index (χ3v) is 2.74. The van der Waals surface area contributed by atoms with Crippen molar-refractivity contribution in [2.24, 2.45) is 5.16 Å². The molecule has 0 atom stereocenters. The van der Waals surface area contributed by atoms with Crippen molar-refractivity contribution in [3.8, 4) is 0 Å². The number of aromatic nitrogens is 2. The van der Waals surface area contributed by atoms with Crippen molar-refractivity contribution in [1.29, 1.82) is 0 Å². The summed E-state index contributed by atoms with van der Waals surface area (Å²) in [6.07, 6.45) is -1.77. The molecule has 0 aliphatic rings. The lowest BCUT2D eigenvalue weighted by molar-refractivity contribution is -0.161. The van der Waals surface area contributed by atoms with E-state index in [4.69, 9.17) is 25.9 Å². The zero-order chi connectivity index (χ0) is 16.9. The SMILES string of the molecule is CC(C)(O/N=C(\C(=O)NCC(O)O)c1nsc(N)n1)C(=O)O. The van der Waals surface area contributed by atoms with Crippen LogP contribution in [0.25, 0.3) is 0 Å². The van der Waals surface area contributed by atoms with Crippen LogP contribution >= 0.6 is 11.5 Å². The Morgan fingerprint density at radius 2 is 2.14 bits per heavy atom. The fourth-order valence-corrected chi connectivity index (χ4v) is 1.42. The summed E-state index contributed by atoms with van der Waals surface area (Å²) >= 11 is 0.799. The van der Waals surface area contributed by atoms with Gasteiger partial charge in [0.05, 0.1) is 6.54 Å². The van der Waals surface area contributed by atoms with Gasteiger partial charge >= 0.3 is 5.97 Å². The maximum atomic E-state index is 11.9. The van der Waals surface area contributed by atoms with E-state index in [9.17, 15) is 9.59 Å². The lowest BCUT2D eigenvalue weighted by Crippen LogP contribution is -2.39. The summed E-state index contributed by atoms with van der Waals surface area (Å²) in [6.45, 7) is 1.99. The zero-order valence-electron chi connectivity index (χ0n) is 11.7. The molecule has 1 amide bonds. The van der Waals surface area contributed by atoms with Gasteiger partial charge in [0.25, 0.3) is 5.91 Å². The minimum absolute atomic E-state index is 0.0650. The molecule has 22 heavy (non-hydrogen) atoms. The Labute approximate surface area is 128 Å². The van der Waals surface area contributed by atoms with Crippen LogP contribution in [0.4, 0.5) is 5.13 Å². The third-order valence-electron chi connectivity index (χ3n) is 2.19. The Kier molecular flexibility index (Phi) is 5.73. The Morgan fingerprint density at radius 1 is 1.50 bits per heavy atom. The predicted molar refractivity (Wildman–Crippen MR) is 74.9 cm³/mol. The van der Waals surface area contributed by atoms with E-state index in [0.717, 1.165) is 11.5 Å². The molecule has 0 aliphatic heterocycles. The molecule has 11 nitrogen and oxygen atoms in total. The number of carboxylic acid groups (broad SMARTS) is 1. The van der Waals surface area contributed by atoms with Gasteiger partial charge in [-0.1, -0.05) is 5.16 Å². The normalized spacial score (nSPS) is 12.3. The number of anilines is 1. The van der Waals surface area contributed by atoms with Crippen molar-refractivity contribution >= 4 is 34.3 Å². The van der Waals surface area contributed by atoms with E-state index >= 15 is 0 Å². The highest BCUT2D eigenvalue weighted by molar-refractivity contribution is 7.09. The number of nitrogens with one attached hydrogen (secondary N) is 1. The Bertz CT molecular complexity index is 584. The highest BCUT2D eigenvalue weighted by Gasteiger charge is 2.31. The van der Waals surface area contributed by atoms with Gasteiger partial charge in [-0.25, -0.2) is 4.79 Å². The molecule has 1 heterocycles. The second-order valence-corrected chi connectivity index (χ2v) is 5.28. The predicted octanol–water partition coefficient (Wildman–Crippen LogP) is -1.87. The van der Waals surface area contributed by atoms with Gasteiger partial charge in [-0.05, 0) is 13.8 Å². The number of carbonyl (C=O) groups excluding carboxylic acids is 1. The van der Waals surface area contributed by atoms with Crippen LogP contribution in [-0.2, 0) is 14.4 Å². The number of nitrogens with two attached hydrogens (primary N) is 1. The van der Waals surface area contributed by atoms with E-state index in [1.54, 1.807) is 0 Å². The quantitative estimate of drug-likeness (QED) is 0.217. The summed E-state index contributed by atoms with van der Waals surface area (Å²) in [6, 6.07) is 0. The number of aliphatic hydroxyl groups excluding tert-OH is 1. The number of amides is 1. The van der Waals surface area contributed by atoms with Gasteiger partial charge in [-0.15, -0.1) is 0 Å². The first-order valence-electron chi connectivity index (χ1n) is 5.87. The number of nitrogen functional groups attached to an aromatic ring is 1. The monoisotopic (exact) mass is 333 g/mol. The van der Waals surface area contributed by atoms with Crippen LogP contribution in [0, 0.1) is 0 Å². The summed E-state index contributed by atoms with van der Waals surface area (Å²) in [7, 11) is 0. The smallest absolute Gasteiger partial charge is 0.350 e. The molecule has 1 aromatic rings. The second-order valence-electron chi connectivity index (χ2n) is 4.49. The number of hydrogen-bond acceptors (Lipinski definition) is 10. The first-order valence-corrected chi connectivity index (χ1v) is 6.64. The molecule has 0 bridgehead atoms. The highest BCUT2D eigenvalue weighted by atomic mass is 32.1. The maximum absolute atomic E-state index is 11.9. The van der Waals surface area contributed by atoms with Crippen molar-refractivity contribution < 1.29 is 29.7 Å². The van der Waals surface area contributed by atoms with Gasteiger partial charge in [0.15, 0.2) is 11.4 Å². The van der Waals surface area contributed by atoms with Gasteiger partial charge < -0.3 is 31.2 Å². The fourth-order valence-electron chi connectivity index (χ4n) is 0.982. The van der Waals surface area contributed by atoms with Crippen LogP contribution in [0.15, 0.2) is 5.16 Å². The molecule has 122 valence electrons. The van der Waals surface area contributed by atoms with Gasteiger partial charge in [-0.2, -0.15) is 9.36 Å². The molecular weight excluding hydrogens is 318 g/mol. The number of nitrogens with zero attached hydrogens (tertiary/aromatic N) is 3. The minimum atomic E-state index is -1.77. The molecule has 0 aromatic carbocycles. The van der Waals surface area contributed by atoms with Crippen molar-refractivity contribution in [2.45, 2.75) is 25.7 Å². The molecular formula is C10H15N5O6S. The summed E-state index contributed by atoms with van der Waals surface area (Å²) in [5, 5.41) is 32.1. The van der Waals surface area contributed by atoms with Crippen LogP contribution in [-0.4, -0.2) is 60.7 Å². The molecule has 0 fully saturated rings. The molecule has 0 radical (unpaired) electrons. The Balaban J connectivity index is 3.01. The molecule has 0 spiro atoms. The Morgan fingerprint density at radius 3 is 2.59 bits per heavy atom. The van der Waals surface area contributed by atoms with Crippen molar-refractivity contribution in [2.75, 3.05) is 12.3 Å². The van der Waals surface area contributed by atoms with E-state index in [0.29, 0.717) is 0 Å². The van der Waals surface area contributed by atoms with E-state index in [1.165, 1.54) is 13.8 Å². The average Bonchev–Trinajstić information content (AvgIpc) is 2.82. The molecule has 1 rings (SSSR count). The molecule has 6 N–H and O–H groups in total. The molecule has 0 aliphatic carbocycles. The third kappa shape index (κ3) is 4.91. The van der Waals surface area contributed by atoms with Gasteiger partial charge in [0.2, 0.25) is 17.1 Å². The molecule has 12 heteroatoms. The van der Waals surface area contributed by atoms with E-state index in [2.05, 4.69) is 19.8 Å². The first kappa shape index (κ1) is 17.7. The molecule has 0 saturated carbocycles. The number of aliphatic carboxylic acids is 1. The lowest BCUT2D eigenvalue weighted by Gasteiger charge is -2.17. The van der Waals surface area contributed by atoms with Crippen LogP contribution in [0.2, 0.25) is 0 Å². The summed E-state index contributed by atoms with van der Waals surface area (Å²) in [5.74, 6) is -2.35.